The first-order chi connectivity index (χ1) is 18.6. The van der Waals surface area contributed by atoms with Crippen LogP contribution in [0.15, 0.2) is 65.7 Å². The molecule has 0 bridgehead atoms. The molecule has 0 saturated carbocycles. The molecule has 38 heavy (non-hydrogen) atoms. The summed E-state index contributed by atoms with van der Waals surface area (Å²) in [7, 11) is 0. The zero-order valence-corrected chi connectivity index (χ0v) is 22.2. The van der Waals surface area contributed by atoms with E-state index in [9.17, 15) is 9.59 Å². The Kier molecular flexibility index (Phi) is 8.49. The number of nitrogens with zero attached hydrogens (tertiary/aromatic N) is 5. The molecule has 0 radical (unpaired) electrons. The fraction of sp³-hybridized carbons (Fsp3) is 0.308. The third kappa shape index (κ3) is 6.48. The van der Waals surface area contributed by atoms with E-state index in [2.05, 4.69) is 20.5 Å². The van der Waals surface area contributed by atoms with Crippen LogP contribution in [-0.2, 0) is 11.3 Å². The summed E-state index contributed by atoms with van der Waals surface area (Å²) in [6.45, 7) is 4.99. The average molecular weight is 555 g/mol. The molecule has 3 aromatic heterocycles. The Morgan fingerprint density at radius 3 is 2.82 bits per heavy atom. The van der Waals surface area contributed by atoms with Crippen LogP contribution in [0.5, 0.6) is 5.75 Å². The molecule has 12 heteroatoms. The summed E-state index contributed by atoms with van der Waals surface area (Å²) >= 11 is 7.14. The zero-order chi connectivity index (χ0) is 26.3. The predicted molar refractivity (Wildman–Crippen MR) is 145 cm³/mol. The number of ether oxygens (including phenoxy) is 2. The summed E-state index contributed by atoms with van der Waals surface area (Å²) in [5.74, 6) is 0.354. The van der Waals surface area contributed by atoms with Gasteiger partial charge in [-0.05, 0) is 36.8 Å². The summed E-state index contributed by atoms with van der Waals surface area (Å²) in [4.78, 5) is 27.6. The van der Waals surface area contributed by atoms with E-state index < -0.39 is 0 Å². The van der Waals surface area contributed by atoms with Gasteiger partial charge in [-0.2, -0.15) is 0 Å². The lowest BCUT2D eigenvalue weighted by molar-refractivity contribution is 0.0358. The number of pyridine rings is 1. The third-order valence-corrected chi connectivity index (χ3v) is 7.27. The van der Waals surface area contributed by atoms with Crippen LogP contribution in [0.4, 0.5) is 0 Å². The van der Waals surface area contributed by atoms with Crippen LogP contribution < -0.4 is 15.6 Å². The van der Waals surface area contributed by atoms with Gasteiger partial charge < -0.3 is 14.8 Å². The maximum absolute atomic E-state index is 12.4. The first kappa shape index (κ1) is 26.1. The zero-order valence-electron chi connectivity index (χ0n) is 20.6. The number of hydrogen-bond donors (Lipinski definition) is 1. The molecule has 5 rings (SSSR count). The number of hydrogen-bond acceptors (Lipinski definition) is 8. The van der Waals surface area contributed by atoms with Crippen LogP contribution in [0.25, 0.3) is 11.4 Å². The second-order valence-electron chi connectivity index (χ2n) is 8.66. The molecule has 0 atom stereocenters. The van der Waals surface area contributed by atoms with Crippen molar-refractivity contribution < 1.29 is 14.3 Å². The highest BCUT2D eigenvalue weighted by Gasteiger charge is 2.15. The lowest BCUT2D eigenvalue weighted by atomic mass is 10.2. The van der Waals surface area contributed by atoms with Gasteiger partial charge >= 0.3 is 0 Å². The number of nitrogens with one attached hydrogen (secondary N) is 1. The van der Waals surface area contributed by atoms with Crippen molar-refractivity contribution in [1.29, 1.82) is 0 Å². The van der Waals surface area contributed by atoms with Gasteiger partial charge in [-0.1, -0.05) is 22.9 Å². The van der Waals surface area contributed by atoms with Gasteiger partial charge in [-0.15, -0.1) is 16.4 Å². The van der Waals surface area contributed by atoms with E-state index in [4.69, 9.17) is 21.1 Å². The molecule has 10 nitrogen and oxygen atoms in total. The Morgan fingerprint density at radius 2 is 2.03 bits per heavy atom. The molecule has 4 heterocycles. The Morgan fingerprint density at radius 1 is 1.16 bits per heavy atom. The second kappa shape index (κ2) is 12.4. The third-order valence-electron chi connectivity index (χ3n) is 6.04. The number of carbonyl (C=O) groups is 1. The van der Waals surface area contributed by atoms with E-state index >= 15 is 0 Å². The molecule has 1 saturated heterocycles. The van der Waals surface area contributed by atoms with Crippen LogP contribution in [-0.4, -0.2) is 69.8 Å². The van der Waals surface area contributed by atoms with Gasteiger partial charge in [0, 0.05) is 38.0 Å². The number of thiophene rings is 1. The summed E-state index contributed by atoms with van der Waals surface area (Å²) in [6.07, 6.45) is 4.30. The summed E-state index contributed by atoms with van der Waals surface area (Å²) in [5.41, 5.74) is 1.82. The van der Waals surface area contributed by atoms with Crippen LogP contribution in [0.2, 0.25) is 4.34 Å². The molecule has 1 aromatic carbocycles. The van der Waals surface area contributed by atoms with Gasteiger partial charge in [-0.3, -0.25) is 19.1 Å². The van der Waals surface area contributed by atoms with Crippen molar-refractivity contribution in [3.05, 3.63) is 86.2 Å². The lowest BCUT2D eigenvalue weighted by Gasteiger charge is -2.26. The highest BCUT2D eigenvalue weighted by molar-refractivity contribution is 7.17. The van der Waals surface area contributed by atoms with E-state index in [-0.39, 0.29) is 18.0 Å². The second-order valence-corrected chi connectivity index (χ2v) is 10.4. The largest absolute Gasteiger partial charge is 0.491 e. The Labute approximate surface area is 228 Å². The molecule has 1 aliphatic heterocycles. The van der Waals surface area contributed by atoms with Crippen molar-refractivity contribution in [2.45, 2.75) is 13.0 Å². The number of benzene rings is 1. The van der Waals surface area contributed by atoms with E-state index in [0.717, 1.165) is 39.3 Å². The maximum atomic E-state index is 12.4. The topological polar surface area (TPSA) is 104 Å². The Bertz CT molecular complexity index is 1450. The normalized spacial score (nSPS) is 13.9. The molecular formula is C26H27ClN6O4S. The molecule has 0 aliphatic carbocycles. The number of morpholine rings is 1. The average Bonchev–Trinajstić information content (AvgIpc) is 3.60. The molecule has 0 spiro atoms. The Hall–Kier alpha value is -3.51. The van der Waals surface area contributed by atoms with E-state index in [1.165, 1.54) is 17.4 Å². The van der Waals surface area contributed by atoms with Crippen molar-refractivity contribution in [3.63, 3.8) is 0 Å². The van der Waals surface area contributed by atoms with Gasteiger partial charge in [0.05, 0.1) is 47.5 Å². The number of amides is 1. The van der Waals surface area contributed by atoms with Crippen molar-refractivity contribution in [3.8, 4) is 17.1 Å². The van der Waals surface area contributed by atoms with Crippen molar-refractivity contribution in [2.75, 3.05) is 39.5 Å². The predicted octanol–water partition coefficient (Wildman–Crippen LogP) is 3.16. The highest BCUT2D eigenvalue weighted by atomic mass is 35.5. The first-order valence-corrected chi connectivity index (χ1v) is 13.5. The minimum atomic E-state index is -0.224. The molecular weight excluding hydrogens is 528 g/mol. The van der Waals surface area contributed by atoms with Gasteiger partial charge in [0.25, 0.3) is 11.5 Å². The molecule has 4 aromatic rings. The van der Waals surface area contributed by atoms with Crippen molar-refractivity contribution >= 4 is 28.8 Å². The van der Waals surface area contributed by atoms with Crippen molar-refractivity contribution in [2.24, 2.45) is 0 Å². The number of aromatic nitrogens is 4. The lowest BCUT2D eigenvalue weighted by Crippen LogP contribution is -2.37. The molecule has 0 unspecified atom stereocenters. The first-order valence-electron chi connectivity index (χ1n) is 12.3. The SMILES string of the molecule is O=C(NCc1cn(-c2ccc(-n3ccccc3=O)cc2OCCCN2CCOCC2)nn1)c1ccc(Cl)s1. The maximum Gasteiger partial charge on any atom is 0.261 e. The molecule has 1 fully saturated rings. The van der Waals surface area contributed by atoms with E-state index in [0.29, 0.717) is 38.6 Å². The highest BCUT2D eigenvalue weighted by Crippen LogP contribution is 2.26. The van der Waals surface area contributed by atoms with Crippen LogP contribution in [0.3, 0.4) is 0 Å². The smallest absolute Gasteiger partial charge is 0.261 e. The molecule has 1 amide bonds. The van der Waals surface area contributed by atoms with Crippen LogP contribution in [0.1, 0.15) is 21.8 Å². The fourth-order valence-corrected chi connectivity index (χ4v) is 5.04. The summed E-state index contributed by atoms with van der Waals surface area (Å²) in [5, 5.41) is 11.3. The summed E-state index contributed by atoms with van der Waals surface area (Å²) in [6, 6.07) is 13.9. The number of rotatable bonds is 10. The van der Waals surface area contributed by atoms with E-state index in [1.54, 1.807) is 45.9 Å². The summed E-state index contributed by atoms with van der Waals surface area (Å²) < 4.78 is 15.3. The number of halogens is 1. The Balaban J connectivity index is 1.31. The van der Waals surface area contributed by atoms with Gasteiger partial charge in [0.15, 0.2) is 0 Å². The molecule has 1 aliphatic rings. The number of carbonyl (C=O) groups excluding carboxylic acids is 1. The minimum absolute atomic E-state index is 0.135. The van der Waals surface area contributed by atoms with Crippen molar-refractivity contribution in [1.82, 2.24) is 29.8 Å². The van der Waals surface area contributed by atoms with Crippen LogP contribution >= 0.6 is 22.9 Å². The van der Waals surface area contributed by atoms with Gasteiger partial charge in [0.2, 0.25) is 0 Å². The molecule has 198 valence electrons. The standard InChI is InChI=1S/C26H27ClN6O4S/c27-24-8-7-23(38-24)26(35)28-17-19-18-33(30-29-19)21-6-5-20(32-10-2-1-4-25(32)34)16-22(21)37-13-3-9-31-11-14-36-15-12-31/h1-2,4-8,10,16,18H,3,9,11-15,17H2,(H,28,35). The quantitative estimate of drug-likeness (QED) is 0.300. The monoisotopic (exact) mass is 554 g/mol. The van der Waals surface area contributed by atoms with Crippen LogP contribution in [0, 0.1) is 0 Å². The minimum Gasteiger partial charge on any atom is -0.491 e. The molecule has 1 N–H and O–H groups in total. The van der Waals surface area contributed by atoms with Gasteiger partial charge in [-0.25, -0.2) is 4.68 Å². The van der Waals surface area contributed by atoms with Gasteiger partial charge in [0.1, 0.15) is 17.1 Å². The van der Waals surface area contributed by atoms with E-state index in [1.807, 2.05) is 18.2 Å². The fourth-order valence-electron chi connectivity index (χ4n) is 4.08.